The second-order valence-corrected chi connectivity index (χ2v) is 5.51. The lowest BCUT2D eigenvalue weighted by molar-refractivity contribution is -0.143. The van der Waals surface area contributed by atoms with E-state index in [0.717, 1.165) is 25.9 Å². The Hall–Kier alpha value is -0.370. The maximum absolute atomic E-state index is 12.1. The quantitative estimate of drug-likeness (QED) is 0.716. The summed E-state index contributed by atoms with van der Waals surface area (Å²) in [6.07, 6.45) is 2.71. The minimum Gasteiger partial charge on any atom is -0.370 e. The smallest absolute Gasteiger partial charge is 0.164 e. The number of carbonyl (C=O) groups is 1. The van der Waals surface area contributed by atoms with Crippen molar-refractivity contribution in [2.75, 3.05) is 6.61 Å². The van der Waals surface area contributed by atoms with Crippen molar-refractivity contribution in [1.29, 1.82) is 0 Å². The molecule has 1 rings (SSSR count). The minimum atomic E-state index is -0.123. The summed E-state index contributed by atoms with van der Waals surface area (Å²) < 4.78 is 5.56. The van der Waals surface area contributed by atoms with E-state index in [4.69, 9.17) is 4.74 Å². The van der Waals surface area contributed by atoms with Crippen LogP contribution < -0.4 is 0 Å². The first kappa shape index (κ1) is 12.7. The summed E-state index contributed by atoms with van der Waals surface area (Å²) in [5.41, 5.74) is 0. The highest BCUT2D eigenvalue weighted by atomic mass is 16.5. The first-order valence-electron chi connectivity index (χ1n) is 6.16. The Balaban J connectivity index is 2.51. The molecule has 0 saturated carbocycles. The highest BCUT2D eigenvalue weighted by Gasteiger charge is 2.32. The van der Waals surface area contributed by atoms with Gasteiger partial charge in [-0.25, -0.2) is 0 Å². The topological polar surface area (TPSA) is 26.3 Å². The summed E-state index contributed by atoms with van der Waals surface area (Å²) in [7, 11) is 0. The molecule has 0 N–H and O–H groups in total. The molecule has 0 aromatic carbocycles. The van der Waals surface area contributed by atoms with E-state index < -0.39 is 0 Å². The van der Waals surface area contributed by atoms with E-state index >= 15 is 0 Å². The van der Waals surface area contributed by atoms with E-state index in [1.54, 1.807) is 0 Å². The Morgan fingerprint density at radius 3 is 2.33 bits per heavy atom. The van der Waals surface area contributed by atoms with E-state index in [0.29, 0.717) is 17.6 Å². The second-order valence-electron chi connectivity index (χ2n) is 5.51. The molecule has 15 heavy (non-hydrogen) atoms. The van der Waals surface area contributed by atoms with Crippen LogP contribution in [-0.4, -0.2) is 18.5 Å². The van der Waals surface area contributed by atoms with E-state index in [9.17, 15) is 4.79 Å². The molecule has 2 heteroatoms. The van der Waals surface area contributed by atoms with E-state index in [1.807, 2.05) is 0 Å². The van der Waals surface area contributed by atoms with Crippen LogP contribution in [0.4, 0.5) is 0 Å². The molecule has 2 unspecified atom stereocenters. The molecule has 2 atom stereocenters. The molecule has 0 spiro atoms. The van der Waals surface area contributed by atoms with Gasteiger partial charge in [0.15, 0.2) is 5.78 Å². The zero-order chi connectivity index (χ0) is 11.4. The van der Waals surface area contributed by atoms with E-state index in [-0.39, 0.29) is 12.0 Å². The van der Waals surface area contributed by atoms with Crippen LogP contribution in [0.3, 0.4) is 0 Å². The third-order valence-corrected chi connectivity index (χ3v) is 2.95. The largest absolute Gasteiger partial charge is 0.370 e. The normalized spacial score (nSPS) is 27.7. The Morgan fingerprint density at radius 2 is 1.80 bits per heavy atom. The van der Waals surface area contributed by atoms with Crippen molar-refractivity contribution < 1.29 is 9.53 Å². The SMILES string of the molecule is CC(C)CC1CCOC(CC(C)C)C1=O. The predicted molar refractivity (Wildman–Crippen MR) is 61.8 cm³/mol. The summed E-state index contributed by atoms with van der Waals surface area (Å²) in [4.78, 5) is 12.1. The van der Waals surface area contributed by atoms with Crippen molar-refractivity contribution >= 4 is 5.78 Å². The lowest BCUT2D eigenvalue weighted by Crippen LogP contribution is -2.38. The molecule has 0 aliphatic carbocycles. The van der Waals surface area contributed by atoms with E-state index in [1.165, 1.54) is 0 Å². The molecule has 0 amide bonds. The van der Waals surface area contributed by atoms with Crippen LogP contribution in [0, 0.1) is 17.8 Å². The Kier molecular flexibility index (Phi) is 4.78. The summed E-state index contributed by atoms with van der Waals surface area (Å²) in [5.74, 6) is 1.75. The zero-order valence-corrected chi connectivity index (χ0v) is 10.5. The number of hydrogen-bond acceptors (Lipinski definition) is 2. The molecular formula is C13H24O2. The van der Waals surface area contributed by atoms with Crippen molar-refractivity contribution in [3.05, 3.63) is 0 Å². The van der Waals surface area contributed by atoms with Gasteiger partial charge in [0.2, 0.25) is 0 Å². The number of carbonyl (C=O) groups excluding carboxylic acids is 1. The maximum Gasteiger partial charge on any atom is 0.164 e. The predicted octanol–water partition coefficient (Wildman–Crippen LogP) is 3.05. The van der Waals surface area contributed by atoms with Gasteiger partial charge in [-0.2, -0.15) is 0 Å². The van der Waals surface area contributed by atoms with Gasteiger partial charge in [-0.15, -0.1) is 0 Å². The molecule has 2 nitrogen and oxygen atoms in total. The van der Waals surface area contributed by atoms with Crippen LogP contribution >= 0.6 is 0 Å². The highest BCUT2D eigenvalue weighted by Crippen LogP contribution is 2.26. The van der Waals surface area contributed by atoms with Crippen LogP contribution in [0.2, 0.25) is 0 Å². The van der Waals surface area contributed by atoms with Gasteiger partial charge >= 0.3 is 0 Å². The number of hydrogen-bond donors (Lipinski definition) is 0. The average Bonchev–Trinajstić information content (AvgIpc) is 2.10. The number of Topliss-reactive ketones (excluding diaryl/α,β-unsaturated/α-hetero) is 1. The standard InChI is InChI=1S/C13H24O2/c1-9(2)7-11-5-6-15-12(13(11)14)8-10(3)4/h9-12H,5-8H2,1-4H3. The molecule has 0 radical (unpaired) electrons. The molecule has 1 aliphatic heterocycles. The van der Waals surface area contributed by atoms with Crippen LogP contribution in [0.5, 0.6) is 0 Å². The molecule has 0 aromatic rings. The number of rotatable bonds is 4. The molecule has 1 saturated heterocycles. The highest BCUT2D eigenvalue weighted by molar-refractivity contribution is 5.86. The van der Waals surface area contributed by atoms with Crippen molar-refractivity contribution in [3.63, 3.8) is 0 Å². The molecule has 1 fully saturated rings. The first-order valence-corrected chi connectivity index (χ1v) is 6.16. The zero-order valence-electron chi connectivity index (χ0n) is 10.5. The first-order chi connectivity index (χ1) is 7.00. The summed E-state index contributed by atoms with van der Waals surface area (Å²) in [5, 5.41) is 0. The molecule has 88 valence electrons. The lowest BCUT2D eigenvalue weighted by atomic mass is 9.84. The van der Waals surface area contributed by atoms with Crippen molar-refractivity contribution in [2.24, 2.45) is 17.8 Å². The fourth-order valence-electron chi connectivity index (χ4n) is 2.26. The van der Waals surface area contributed by atoms with E-state index in [2.05, 4.69) is 27.7 Å². The monoisotopic (exact) mass is 212 g/mol. The third kappa shape index (κ3) is 3.94. The van der Waals surface area contributed by atoms with Gasteiger partial charge in [-0.1, -0.05) is 27.7 Å². The fraction of sp³-hybridized carbons (Fsp3) is 0.923. The van der Waals surface area contributed by atoms with Crippen LogP contribution in [0.15, 0.2) is 0 Å². The molecular weight excluding hydrogens is 188 g/mol. The summed E-state index contributed by atoms with van der Waals surface area (Å²) in [6.45, 7) is 9.41. The summed E-state index contributed by atoms with van der Waals surface area (Å²) in [6, 6.07) is 0. The number of ketones is 1. The summed E-state index contributed by atoms with van der Waals surface area (Å²) >= 11 is 0. The van der Waals surface area contributed by atoms with Crippen molar-refractivity contribution in [2.45, 2.75) is 53.1 Å². The van der Waals surface area contributed by atoms with Crippen molar-refractivity contribution in [1.82, 2.24) is 0 Å². The molecule has 1 aliphatic rings. The molecule has 0 aromatic heterocycles. The number of ether oxygens (including phenoxy) is 1. The Labute approximate surface area is 93.4 Å². The van der Waals surface area contributed by atoms with Crippen LogP contribution in [0.25, 0.3) is 0 Å². The second kappa shape index (κ2) is 5.64. The molecule has 1 heterocycles. The Morgan fingerprint density at radius 1 is 1.20 bits per heavy atom. The van der Waals surface area contributed by atoms with Crippen LogP contribution in [0.1, 0.15) is 47.0 Å². The van der Waals surface area contributed by atoms with Gasteiger partial charge in [0.05, 0.1) is 0 Å². The van der Waals surface area contributed by atoms with Crippen molar-refractivity contribution in [3.8, 4) is 0 Å². The fourth-order valence-corrected chi connectivity index (χ4v) is 2.26. The van der Waals surface area contributed by atoms with Gasteiger partial charge in [-0.3, -0.25) is 4.79 Å². The average molecular weight is 212 g/mol. The maximum atomic E-state index is 12.1. The Bertz CT molecular complexity index is 189. The molecule has 0 bridgehead atoms. The van der Waals surface area contributed by atoms with Gasteiger partial charge in [-0.05, 0) is 31.1 Å². The minimum absolute atomic E-state index is 0.123. The van der Waals surface area contributed by atoms with Gasteiger partial charge in [0, 0.05) is 12.5 Å². The third-order valence-electron chi connectivity index (χ3n) is 2.95. The van der Waals surface area contributed by atoms with Crippen LogP contribution in [-0.2, 0) is 9.53 Å². The lowest BCUT2D eigenvalue weighted by Gasteiger charge is -2.30. The van der Waals surface area contributed by atoms with Gasteiger partial charge in [0.25, 0.3) is 0 Å². The van der Waals surface area contributed by atoms with Gasteiger partial charge in [0.1, 0.15) is 6.10 Å². The van der Waals surface area contributed by atoms with Gasteiger partial charge < -0.3 is 4.74 Å².